The summed E-state index contributed by atoms with van der Waals surface area (Å²) in [6.45, 7) is 2.02. The van der Waals surface area contributed by atoms with Crippen LogP contribution in [0, 0.1) is 0 Å². The first-order valence-electron chi connectivity index (χ1n) is 8.15. The van der Waals surface area contributed by atoms with Crippen molar-refractivity contribution in [3.63, 3.8) is 0 Å². The summed E-state index contributed by atoms with van der Waals surface area (Å²) in [6, 6.07) is 0.746. The third-order valence-electron chi connectivity index (χ3n) is 4.85. The molecular weight excluding hydrogens is 302 g/mol. The fourth-order valence-corrected chi connectivity index (χ4v) is 3.44. The molecule has 0 unspecified atom stereocenters. The second kappa shape index (κ2) is 7.92. The number of hydrogen-bond acceptors (Lipinski definition) is 4. The van der Waals surface area contributed by atoms with Gasteiger partial charge in [-0.05, 0) is 38.8 Å². The van der Waals surface area contributed by atoms with Gasteiger partial charge in [0.2, 0.25) is 0 Å². The molecule has 22 heavy (non-hydrogen) atoms. The number of halogens is 1. The van der Waals surface area contributed by atoms with E-state index in [1.54, 1.807) is 0 Å². The summed E-state index contributed by atoms with van der Waals surface area (Å²) < 4.78 is 1.88. The number of carbonyl (C=O) groups excluding carboxylic acids is 1. The minimum atomic E-state index is 0. The Labute approximate surface area is 138 Å². The Morgan fingerprint density at radius 2 is 1.91 bits per heavy atom. The van der Waals surface area contributed by atoms with Crippen molar-refractivity contribution in [2.24, 2.45) is 0 Å². The van der Waals surface area contributed by atoms with Crippen molar-refractivity contribution >= 4 is 18.3 Å². The van der Waals surface area contributed by atoms with E-state index in [0.29, 0.717) is 17.8 Å². The summed E-state index contributed by atoms with van der Waals surface area (Å²) in [4.78, 5) is 14.4. The molecule has 2 heterocycles. The van der Waals surface area contributed by atoms with Gasteiger partial charge in [0.25, 0.3) is 5.91 Å². The molecule has 1 aliphatic heterocycles. The standard InChI is InChI=1S/C15H25N5O.ClH/c1-19(12-5-3-2-4-6-12)15(21)14-11-20(18-17-14)13-7-9-16-10-8-13;/h11-13,16H,2-10H2,1H3;1H. The van der Waals surface area contributed by atoms with E-state index < -0.39 is 0 Å². The van der Waals surface area contributed by atoms with Crippen LogP contribution >= 0.6 is 12.4 Å². The smallest absolute Gasteiger partial charge is 0.276 e. The van der Waals surface area contributed by atoms with Crippen molar-refractivity contribution in [1.82, 2.24) is 25.2 Å². The van der Waals surface area contributed by atoms with Crippen LogP contribution in [0.5, 0.6) is 0 Å². The van der Waals surface area contributed by atoms with Gasteiger partial charge < -0.3 is 10.2 Å². The lowest BCUT2D eigenvalue weighted by Gasteiger charge is -2.30. The fourth-order valence-electron chi connectivity index (χ4n) is 3.44. The van der Waals surface area contributed by atoms with Crippen molar-refractivity contribution in [2.75, 3.05) is 20.1 Å². The summed E-state index contributed by atoms with van der Waals surface area (Å²) in [6.07, 6.45) is 9.91. The van der Waals surface area contributed by atoms with Crippen LogP contribution in [0.25, 0.3) is 0 Å². The molecule has 0 bridgehead atoms. The number of rotatable bonds is 3. The zero-order chi connectivity index (χ0) is 14.7. The molecule has 1 saturated heterocycles. The van der Waals surface area contributed by atoms with Gasteiger partial charge in [0.15, 0.2) is 5.69 Å². The van der Waals surface area contributed by atoms with E-state index in [1.807, 2.05) is 22.8 Å². The second-order valence-electron chi connectivity index (χ2n) is 6.27. The summed E-state index contributed by atoms with van der Waals surface area (Å²) in [5.41, 5.74) is 0.488. The van der Waals surface area contributed by atoms with Gasteiger partial charge in [-0.2, -0.15) is 0 Å². The highest BCUT2D eigenvalue weighted by Gasteiger charge is 2.25. The molecule has 1 saturated carbocycles. The Hall–Kier alpha value is -1.14. The molecule has 6 nitrogen and oxygen atoms in total. The predicted molar refractivity (Wildman–Crippen MR) is 87.4 cm³/mol. The van der Waals surface area contributed by atoms with Crippen LogP contribution in [-0.2, 0) is 0 Å². The second-order valence-corrected chi connectivity index (χ2v) is 6.27. The van der Waals surface area contributed by atoms with Gasteiger partial charge in [-0.1, -0.05) is 24.5 Å². The van der Waals surface area contributed by atoms with Gasteiger partial charge in [0.05, 0.1) is 12.2 Å². The lowest BCUT2D eigenvalue weighted by Crippen LogP contribution is -2.38. The maximum atomic E-state index is 12.5. The van der Waals surface area contributed by atoms with Gasteiger partial charge in [-0.25, -0.2) is 4.68 Å². The molecule has 1 N–H and O–H groups in total. The lowest BCUT2D eigenvalue weighted by molar-refractivity contribution is 0.0690. The molecule has 124 valence electrons. The number of aromatic nitrogens is 3. The molecule has 2 aliphatic rings. The average molecular weight is 328 g/mol. The Morgan fingerprint density at radius 1 is 1.23 bits per heavy atom. The van der Waals surface area contributed by atoms with Crippen LogP contribution in [0.2, 0.25) is 0 Å². The van der Waals surface area contributed by atoms with Gasteiger partial charge in [0, 0.05) is 13.1 Å². The Balaban J connectivity index is 0.00000176. The minimum absolute atomic E-state index is 0. The molecule has 3 rings (SSSR count). The Kier molecular flexibility index (Phi) is 6.20. The van der Waals surface area contributed by atoms with Crippen LogP contribution in [-0.4, -0.2) is 52.0 Å². The number of hydrogen-bond donors (Lipinski definition) is 1. The van der Waals surface area contributed by atoms with Crippen molar-refractivity contribution in [1.29, 1.82) is 0 Å². The van der Waals surface area contributed by atoms with Crippen LogP contribution in [0.3, 0.4) is 0 Å². The number of carbonyl (C=O) groups is 1. The molecule has 2 fully saturated rings. The SMILES string of the molecule is CN(C(=O)c1cn(C2CCNCC2)nn1)C1CCCCC1.Cl. The first kappa shape index (κ1) is 17.2. The molecule has 7 heteroatoms. The van der Waals surface area contributed by atoms with Crippen LogP contribution in [0.4, 0.5) is 0 Å². The van der Waals surface area contributed by atoms with Crippen molar-refractivity contribution in [3.8, 4) is 0 Å². The normalized spacial score (nSPS) is 20.4. The number of piperidine rings is 1. The minimum Gasteiger partial charge on any atom is -0.337 e. The first-order chi connectivity index (χ1) is 10.3. The monoisotopic (exact) mass is 327 g/mol. The van der Waals surface area contributed by atoms with E-state index in [-0.39, 0.29) is 18.3 Å². The van der Waals surface area contributed by atoms with Crippen LogP contribution in [0.15, 0.2) is 6.20 Å². The van der Waals surface area contributed by atoms with Crippen molar-refractivity contribution < 1.29 is 4.79 Å². The van der Waals surface area contributed by atoms with Crippen molar-refractivity contribution in [2.45, 2.75) is 57.0 Å². The first-order valence-corrected chi connectivity index (χ1v) is 8.15. The van der Waals surface area contributed by atoms with E-state index in [2.05, 4.69) is 15.6 Å². The highest BCUT2D eigenvalue weighted by atomic mass is 35.5. The number of nitrogens with zero attached hydrogens (tertiary/aromatic N) is 4. The zero-order valence-electron chi connectivity index (χ0n) is 13.2. The number of amides is 1. The summed E-state index contributed by atoms with van der Waals surface area (Å²) in [7, 11) is 1.90. The van der Waals surface area contributed by atoms with E-state index in [4.69, 9.17) is 0 Å². The maximum absolute atomic E-state index is 12.5. The third kappa shape index (κ3) is 3.79. The van der Waals surface area contributed by atoms with Crippen molar-refractivity contribution in [3.05, 3.63) is 11.9 Å². The highest BCUT2D eigenvalue weighted by Crippen LogP contribution is 2.23. The average Bonchev–Trinajstić information content (AvgIpc) is 3.05. The van der Waals surface area contributed by atoms with E-state index in [0.717, 1.165) is 38.8 Å². The molecule has 0 spiro atoms. The number of nitrogens with one attached hydrogen (secondary N) is 1. The molecule has 1 aliphatic carbocycles. The Bertz CT molecular complexity index is 480. The Morgan fingerprint density at radius 3 is 2.59 bits per heavy atom. The molecule has 1 aromatic heterocycles. The van der Waals surface area contributed by atoms with E-state index in [9.17, 15) is 4.79 Å². The lowest BCUT2D eigenvalue weighted by atomic mass is 9.94. The zero-order valence-corrected chi connectivity index (χ0v) is 14.0. The summed E-state index contributed by atoms with van der Waals surface area (Å²) in [5.74, 6) is 0.0158. The predicted octanol–water partition coefficient (Wildman–Crippen LogP) is 2.03. The molecular formula is C15H26ClN5O. The quantitative estimate of drug-likeness (QED) is 0.922. The van der Waals surface area contributed by atoms with Gasteiger partial charge in [-0.15, -0.1) is 17.5 Å². The topological polar surface area (TPSA) is 63.1 Å². The fraction of sp³-hybridized carbons (Fsp3) is 0.800. The van der Waals surface area contributed by atoms with Gasteiger partial charge in [0.1, 0.15) is 0 Å². The van der Waals surface area contributed by atoms with Gasteiger partial charge >= 0.3 is 0 Å². The molecule has 0 radical (unpaired) electrons. The van der Waals surface area contributed by atoms with E-state index >= 15 is 0 Å². The highest BCUT2D eigenvalue weighted by molar-refractivity contribution is 5.91. The third-order valence-corrected chi connectivity index (χ3v) is 4.85. The molecule has 0 atom stereocenters. The van der Waals surface area contributed by atoms with Crippen LogP contribution in [0.1, 0.15) is 61.5 Å². The van der Waals surface area contributed by atoms with Crippen LogP contribution < -0.4 is 5.32 Å². The maximum Gasteiger partial charge on any atom is 0.276 e. The summed E-state index contributed by atoms with van der Waals surface area (Å²) >= 11 is 0. The summed E-state index contributed by atoms with van der Waals surface area (Å²) in [5, 5.41) is 11.6. The molecule has 1 aromatic rings. The molecule has 0 aromatic carbocycles. The molecule has 1 amide bonds. The van der Waals surface area contributed by atoms with E-state index in [1.165, 1.54) is 19.3 Å². The van der Waals surface area contributed by atoms with Gasteiger partial charge in [-0.3, -0.25) is 4.79 Å². The largest absolute Gasteiger partial charge is 0.337 e.